The summed E-state index contributed by atoms with van der Waals surface area (Å²) in [5.41, 5.74) is 0.372. The van der Waals surface area contributed by atoms with Gasteiger partial charge in [0.25, 0.3) is 5.56 Å². The largest absolute Gasteiger partial charge is 0.323 e. The van der Waals surface area contributed by atoms with Crippen LogP contribution >= 0.6 is 23.1 Å². The molecule has 142 valence electrons. The number of carbonyl (C=O) groups excluding carboxylic acids is 1. The van der Waals surface area contributed by atoms with Crippen molar-refractivity contribution in [2.45, 2.75) is 31.5 Å². The Morgan fingerprint density at radius 1 is 1.37 bits per heavy atom. The lowest BCUT2D eigenvalue weighted by Crippen LogP contribution is -2.26. The van der Waals surface area contributed by atoms with Crippen molar-refractivity contribution in [1.82, 2.24) is 9.55 Å². The average Bonchev–Trinajstić information content (AvgIpc) is 3.11. The Labute approximate surface area is 162 Å². The molecule has 5 nitrogen and oxygen atoms in total. The third-order valence-electron chi connectivity index (χ3n) is 4.05. The van der Waals surface area contributed by atoms with E-state index in [0.717, 1.165) is 30.3 Å². The van der Waals surface area contributed by atoms with Crippen LogP contribution in [-0.4, -0.2) is 21.2 Å². The summed E-state index contributed by atoms with van der Waals surface area (Å²) < 4.78 is 28.8. The second-order valence-electron chi connectivity index (χ2n) is 5.92. The van der Waals surface area contributed by atoms with Crippen molar-refractivity contribution in [3.8, 4) is 0 Å². The van der Waals surface area contributed by atoms with Crippen LogP contribution < -0.4 is 10.9 Å². The number of fused-ring (bicyclic) bond motifs is 1. The molecule has 1 N–H and O–H groups in total. The number of nitrogens with zero attached hydrogens (tertiary/aromatic N) is 2. The van der Waals surface area contributed by atoms with Gasteiger partial charge in [-0.1, -0.05) is 18.7 Å². The van der Waals surface area contributed by atoms with Crippen LogP contribution in [0.3, 0.4) is 0 Å². The van der Waals surface area contributed by atoms with Gasteiger partial charge in [-0.3, -0.25) is 14.2 Å². The minimum Gasteiger partial charge on any atom is -0.323 e. The SMILES string of the molecule is CC[C@@H](C)n1c(SCC(=O)Nc2ccc(F)cc2F)nc2ccsc2c1=O. The van der Waals surface area contributed by atoms with E-state index in [2.05, 4.69) is 10.3 Å². The highest BCUT2D eigenvalue weighted by Gasteiger charge is 2.18. The van der Waals surface area contributed by atoms with Gasteiger partial charge in [-0.05, 0) is 36.9 Å². The number of rotatable bonds is 6. The summed E-state index contributed by atoms with van der Waals surface area (Å²) in [6.45, 7) is 3.88. The number of halogens is 2. The fourth-order valence-corrected chi connectivity index (χ4v) is 4.15. The molecular weight excluding hydrogens is 392 g/mol. The molecule has 0 radical (unpaired) electrons. The predicted octanol–water partition coefficient (Wildman–Crippen LogP) is 4.44. The molecule has 0 saturated carbocycles. The van der Waals surface area contributed by atoms with E-state index in [1.54, 1.807) is 16.0 Å². The number of hydrogen-bond acceptors (Lipinski definition) is 5. The smallest absolute Gasteiger partial charge is 0.272 e. The van der Waals surface area contributed by atoms with Gasteiger partial charge in [-0.25, -0.2) is 13.8 Å². The monoisotopic (exact) mass is 409 g/mol. The minimum atomic E-state index is -0.845. The average molecular weight is 409 g/mol. The van der Waals surface area contributed by atoms with E-state index in [1.165, 1.54) is 11.3 Å². The van der Waals surface area contributed by atoms with Crippen LogP contribution in [0, 0.1) is 11.6 Å². The van der Waals surface area contributed by atoms with E-state index in [-0.39, 0.29) is 23.0 Å². The Morgan fingerprint density at radius 3 is 2.85 bits per heavy atom. The number of carbonyl (C=O) groups is 1. The van der Waals surface area contributed by atoms with Gasteiger partial charge < -0.3 is 5.32 Å². The molecule has 0 aliphatic rings. The van der Waals surface area contributed by atoms with Crippen molar-refractivity contribution in [1.29, 1.82) is 0 Å². The molecule has 1 aromatic carbocycles. The topological polar surface area (TPSA) is 64.0 Å². The molecule has 0 spiro atoms. The lowest BCUT2D eigenvalue weighted by molar-refractivity contribution is -0.113. The Morgan fingerprint density at radius 2 is 2.15 bits per heavy atom. The maximum absolute atomic E-state index is 13.7. The lowest BCUT2D eigenvalue weighted by atomic mass is 10.2. The molecule has 3 aromatic rings. The van der Waals surface area contributed by atoms with E-state index >= 15 is 0 Å². The molecule has 1 amide bonds. The van der Waals surface area contributed by atoms with Crippen LogP contribution in [0.1, 0.15) is 26.3 Å². The van der Waals surface area contributed by atoms with Gasteiger partial charge in [0.15, 0.2) is 5.16 Å². The number of aromatic nitrogens is 2. The molecule has 2 heterocycles. The Balaban J connectivity index is 1.81. The molecule has 0 unspecified atom stereocenters. The third-order valence-corrected chi connectivity index (χ3v) is 5.89. The summed E-state index contributed by atoms with van der Waals surface area (Å²) in [6, 6.07) is 4.63. The molecule has 0 fully saturated rings. The van der Waals surface area contributed by atoms with Crippen molar-refractivity contribution in [3.05, 3.63) is 51.6 Å². The molecule has 3 rings (SSSR count). The number of nitrogens with one attached hydrogen (secondary N) is 1. The van der Waals surface area contributed by atoms with Gasteiger partial charge >= 0.3 is 0 Å². The summed E-state index contributed by atoms with van der Waals surface area (Å²) in [6.07, 6.45) is 0.735. The molecule has 1 atom stereocenters. The van der Waals surface area contributed by atoms with Crippen molar-refractivity contribution >= 4 is 44.9 Å². The van der Waals surface area contributed by atoms with Gasteiger partial charge in [0.05, 0.1) is 17.0 Å². The van der Waals surface area contributed by atoms with E-state index in [4.69, 9.17) is 0 Å². The Hall–Kier alpha value is -2.26. The van der Waals surface area contributed by atoms with E-state index in [9.17, 15) is 18.4 Å². The number of thioether (sulfide) groups is 1. The first kappa shape index (κ1) is 19.5. The summed E-state index contributed by atoms with van der Waals surface area (Å²) in [7, 11) is 0. The van der Waals surface area contributed by atoms with E-state index in [0.29, 0.717) is 21.4 Å². The van der Waals surface area contributed by atoms with Crippen molar-refractivity contribution in [2.24, 2.45) is 0 Å². The van der Waals surface area contributed by atoms with Crippen LogP contribution in [0.4, 0.5) is 14.5 Å². The molecule has 9 heteroatoms. The molecule has 0 aliphatic carbocycles. The lowest BCUT2D eigenvalue weighted by Gasteiger charge is -2.17. The van der Waals surface area contributed by atoms with E-state index in [1.807, 2.05) is 13.8 Å². The van der Waals surface area contributed by atoms with Gasteiger partial charge in [0.1, 0.15) is 16.3 Å². The quantitative estimate of drug-likeness (QED) is 0.483. The molecule has 27 heavy (non-hydrogen) atoms. The highest BCUT2D eigenvalue weighted by Crippen LogP contribution is 2.25. The number of benzene rings is 1. The van der Waals surface area contributed by atoms with Gasteiger partial charge in [-0.2, -0.15) is 0 Å². The number of hydrogen-bond donors (Lipinski definition) is 1. The van der Waals surface area contributed by atoms with Crippen LogP contribution in [0.25, 0.3) is 10.2 Å². The molecular formula is C18H17F2N3O2S2. The minimum absolute atomic E-state index is 0.0602. The first-order valence-corrected chi connectivity index (χ1v) is 10.1. The second kappa shape index (κ2) is 8.18. The summed E-state index contributed by atoms with van der Waals surface area (Å²) in [5, 5.41) is 4.65. The highest BCUT2D eigenvalue weighted by molar-refractivity contribution is 7.99. The summed E-state index contributed by atoms with van der Waals surface area (Å²) in [4.78, 5) is 29.4. The Bertz CT molecular complexity index is 1050. The maximum atomic E-state index is 13.7. The third kappa shape index (κ3) is 4.19. The first-order valence-electron chi connectivity index (χ1n) is 8.28. The first-order chi connectivity index (χ1) is 12.9. The van der Waals surface area contributed by atoms with Gasteiger partial charge in [-0.15, -0.1) is 11.3 Å². The van der Waals surface area contributed by atoms with Gasteiger partial charge in [0, 0.05) is 12.1 Å². The zero-order chi connectivity index (χ0) is 19.6. The van der Waals surface area contributed by atoms with Crippen LogP contribution in [0.2, 0.25) is 0 Å². The summed E-state index contributed by atoms with van der Waals surface area (Å²) in [5.74, 6) is -2.09. The van der Waals surface area contributed by atoms with E-state index < -0.39 is 17.5 Å². The van der Waals surface area contributed by atoms with Crippen molar-refractivity contribution in [2.75, 3.05) is 11.1 Å². The normalized spacial score (nSPS) is 12.3. The standard InChI is InChI=1S/C18H17F2N3O2S2/c1-3-10(2)23-17(25)16-14(6-7-26-16)22-18(23)27-9-15(24)21-13-5-4-11(19)8-12(13)20/h4-8,10H,3,9H2,1-2H3,(H,21,24)/t10-/m1/s1. The number of amides is 1. The van der Waals surface area contributed by atoms with Gasteiger partial charge in [0.2, 0.25) is 5.91 Å². The zero-order valence-corrected chi connectivity index (χ0v) is 16.3. The van der Waals surface area contributed by atoms with Crippen LogP contribution in [-0.2, 0) is 4.79 Å². The molecule has 2 aromatic heterocycles. The van der Waals surface area contributed by atoms with Crippen LogP contribution in [0.5, 0.6) is 0 Å². The molecule has 0 saturated heterocycles. The predicted molar refractivity (Wildman–Crippen MR) is 105 cm³/mol. The highest BCUT2D eigenvalue weighted by atomic mass is 32.2. The zero-order valence-electron chi connectivity index (χ0n) is 14.7. The fraction of sp³-hybridized carbons (Fsp3) is 0.278. The Kier molecular flexibility index (Phi) is 5.91. The van der Waals surface area contributed by atoms with Crippen molar-refractivity contribution in [3.63, 3.8) is 0 Å². The van der Waals surface area contributed by atoms with Crippen LogP contribution in [0.15, 0.2) is 39.6 Å². The molecule has 0 bridgehead atoms. The number of anilines is 1. The number of thiophene rings is 1. The maximum Gasteiger partial charge on any atom is 0.272 e. The second-order valence-corrected chi connectivity index (χ2v) is 7.78. The molecule has 0 aliphatic heterocycles. The van der Waals surface area contributed by atoms with Crippen molar-refractivity contribution < 1.29 is 13.6 Å². The fourth-order valence-electron chi connectivity index (χ4n) is 2.48. The summed E-state index contributed by atoms with van der Waals surface area (Å²) >= 11 is 2.44.